The fourth-order valence-electron chi connectivity index (χ4n) is 4.42. The van der Waals surface area contributed by atoms with E-state index in [-0.39, 0.29) is 17.3 Å². The molecule has 8 nitrogen and oxygen atoms in total. The van der Waals surface area contributed by atoms with Crippen LogP contribution in [0, 0.1) is 20.8 Å². The number of anilines is 1. The molecule has 0 unspecified atom stereocenters. The van der Waals surface area contributed by atoms with Crippen LogP contribution in [-0.4, -0.2) is 50.4 Å². The summed E-state index contributed by atoms with van der Waals surface area (Å²) in [7, 11) is -2.55. The minimum Gasteiger partial charge on any atom is -0.497 e. The summed E-state index contributed by atoms with van der Waals surface area (Å²) >= 11 is 0. The summed E-state index contributed by atoms with van der Waals surface area (Å²) < 4.78 is 34.4. The van der Waals surface area contributed by atoms with E-state index in [4.69, 9.17) is 4.74 Å². The lowest BCUT2D eigenvalue weighted by atomic mass is 10.1. The first-order chi connectivity index (χ1) is 19.1. The average molecular weight is 580 g/mol. The molecule has 2 amide bonds. The van der Waals surface area contributed by atoms with E-state index in [1.807, 2.05) is 65.8 Å². The molecular weight excluding hydrogens is 538 g/mol. The molecule has 3 aromatic carbocycles. The Hall–Kier alpha value is -3.85. The van der Waals surface area contributed by atoms with Gasteiger partial charge in [0.1, 0.15) is 18.3 Å². The second-order valence-corrected chi connectivity index (χ2v) is 13.3. The number of carbonyl (C=O) groups is 2. The third-order valence-corrected chi connectivity index (χ3v) is 8.46. The number of rotatable bonds is 10. The Morgan fingerprint density at radius 1 is 0.902 bits per heavy atom. The summed E-state index contributed by atoms with van der Waals surface area (Å²) in [6, 6.07) is 18.3. The fourth-order valence-corrected chi connectivity index (χ4v) is 5.90. The van der Waals surface area contributed by atoms with E-state index >= 15 is 0 Å². The van der Waals surface area contributed by atoms with Crippen molar-refractivity contribution in [2.75, 3.05) is 18.0 Å². The topological polar surface area (TPSA) is 96.0 Å². The number of hydrogen-bond donors (Lipinski definition) is 1. The Balaban J connectivity index is 2.06. The molecule has 0 radical (unpaired) electrons. The second-order valence-electron chi connectivity index (χ2n) is 11.4. The lowest BCUT2D eigenvalue weighted by Gasteiger charge is -2.34. The lowest BCUT2D eigenvalue weighted by Crippen LogP contribution is -2.54. The number of aryl methyl sites for hydroxylation is 3. The molecule has 0 heterocycles. The van der Waals surface area contributed by atoms with E-state index < -0.39 is 34.1 Å². The monoisotopic (exact) mass is 579 g/mol. The fraction of sp³-hybridized carbons (Fsp3) is 0.375. The molecule has 41 heavy (non-hydrogen) atoms. The summed E-state index contributed by atoms with van der Waals surface area (Å²) in [6.07, 6.45) is 0. The van der Waals surface area contributed by atoms with Gasteiger partial charge in [0, 0.05) is 12.1 Å². The summed E-state index contributed by atoms with van der Waals surface area (Å²) in [5.41, 5.74) is 3.27. The number of carbonyl (C=O) groups excluding carboxylic acids is 2. The van der Waals surface area contributed by atoms with Gasteiger partial charge in [-0.1, -0.05) is 47.5 Å². The van der Waals surface area contributed by atoms with Crippen LogP contribution in [0.15, 0.2) is 71.6 Å². The van der Waals surface area contributed by atoms with Crippen molar-refractivity contribution in [3.05, 3.63) is 89.0 Å². The Morgan fingerprint density at radius 3 is 2.02 bits per heavy atom. The quantitative estimate of drug-likeness (QED) is 0.359. The molecule has 1 atom stereocenters. The van der Waals surface area contributed by atoms with Gasteiger partial charge in [-0.25, -0.2) is 8.42 Å². The number of benzene rings is 3. The number of hydrogen-bond acceptors (Lipinski definition) is 5. The average Bonchev–Trinajstić information content (AvgIpc) is 2.90. The molecule has 0 saturated carbocycles. The highest BCUT2D eigenvalue weighted by Crippen LogP contribution is 2.28. The summed E-state index contributed by atoms with van der Waals surface area (Å²) in [5, 5.41) is 2.94. The highest BCUT2D eigenvalue weighted by Gasteiger charge is 2.34. The Kier molecular flexibility index (Phi) is 9.86. The maximum atomic E-state index is 14.1. The number of nitrogens with zero attached hydrogens (tertiary/aromatic N) is 2. The van der Waals surface area contributed by atoms with Crippen molar-refractivity contribution in [3.63, 3.8) is 0 Å². The molecular formula is C32H41N3O5S. The van der Waals surface area contributed by atoms with Crippen LogP contribution in [0.25, 0.3) is 0 Å². The summed E-state index contributed by atoms with van der Waals surface area (Å²) in [4.78, 5) is 28.8. The Labute approximate surface area is 244 Å². The first kappa shape index (κ1) is 31.7. The minimum atomic E-state index is -4.12. The van der Waals surface area contributed by atoms with E-state index in [0.29, 0.717) is 17.0 Å². The molecule has 1 N–H and O–H groups in total. The van der Waals surface area contributed by atoms with Crippen LogP contribution in [0.1, 0.15) is 49.9 Å². The smallest absolute Gasteiger partial charge is 0.264 e. The van der Waals surface area contributed by atoms with E-state index in [0.717, 1.165) is 21.0 Å². The predicted octanol–water partition coefficient (Wildman–Crippen LogP) is 5.15. The molecule has 3 aromatic rings. The highest BCUT2D eigenvalue weighted by atomic mass is 32.2. The standard InChI is InChI=1S/C32H41N3O5S/c1-22-9-16-28(17-10-22)41(38,39)35(29-18-11-23(2)19-24(29)3)21-30(36)34(25(4)31(37)33-32(5,6)7)20-26-12-14-27(40-8)15-13-26/h9-19,25H,20-21H2,1-8H3,(H,33,37)/t25-/m0/s1. The molecule has 0 aliphatic carbocycles. The number of nitrogens with one attached hydrogen (secondary N) is 1. The number of amides is 2. The minimum absolute atomic E-state index is 0.0797. The van der Waals surface area contributed by atoms with E-state index in [9.17, 15) is 18.0 Å². The predicted molar refractivity (Wildman–Crippen MR) is 163 cm³/mol. The van der Waals surface area contributed by atoms with Gasteiger partial charge in [0.2, 0.25) is 11.8 Å². The van der Waals surface area contributed by atoms with Crippen LogP contribution in [0.3, 0.4) is 0 Å². The van der Waals surface area contributed by atoms with Crippen molar-refractivity contribution >= 4 is 27.5 Å². The van der Waals surface area contributed by atoms with Crippen LogP contribution in [-0.2, 0) is 26.2 Å². The summed E-state index contributed by atoms with van der Waals surface area (Å²) in [6.45, 7) is 12.5. The van der Waals surface area contributed by atoms with Gasteiger partial charge in [-0.15, -0.1) is 0 Å². The van der Waals surface area contributed by atoms with Gasteiger partial charge in [0.05, 0.1) is 17.7 Å². The molecule has 9 heteroatoms. The van der Waals surface area contributed by atoms with Crippen LogP contribution >= 0.6 is 0 Å². The third kappa shape index (κ3) is 8.10. The lowest BCUT2D eigenvalue weighted by molar-refractivity contribution is -0.140. The molecule has 0 aliphatic rings. The normalized spacial score (nSPS) is 12.4. The van der Waals surface area contributed by atoms with E-state index in [2.05, 4.69) is 5.32 Å². The van der Waals surface area contributed by atoms with Crippen molar-refractivity contribution < 1.29 is 22.7 Å². The maximum absolute atomic E-state index is 14.1. The van der Waals surface area contributed by atoms with Gasteiger partial charge in [-0.3, -0.25) is 13.9 Å². The molecule has 0 saturated heterocycles. The van der Waals surface area contributed by atoms with Gasteiger partial charge in [-0.2, -0.15) is 0 Å². The molecule has 0 aliphatic heterocycles. The molecule has 0 aromatic heterocycles. The van der Waals surface area contributed by atoms with Crippen molar-refractivity contribution in [1.82, 2.24) is 10.2 Å². The van der Waals surface area contributed by atoms with Crippen LogP contribution < -0.4 is 14.4 Å². The molecule has 220 valence electrons. The molecule has 0 bridgehead atoms. The summed E-state index contributed by atoms with van der Waals surface area (Å²) in [5.74, 6) is -0.178. The van der Waals surface area contributed by atoms with Crippen molar-refractivity contribution in [2.45, 2.75) is 71.5 Å². The molecule has 0 fully saturated rings. The van der Waals surface area contributed by atoms with Gasteiger partial charge in [0.25, 0.3) is 10.0 Å². The maximum Gasteiger partial charge on any atom is 0.264 e. The van der Waals surface area contributed by atoms with Gasteiger partial charge >= 0.3 is 0 Å². The first-order valence-electron chi connectivity index (χ1n) is 13.5. The highest BCUT2D eigenvalue weighted by molar-refractivity contribution is 7.92. The zero-order valence-electron chi connectivity index (χ0n) is 25.2. The van der Waals surface area contributed by atoms with Crippen LogP contribution in [0.4, 0.5) is 5.69 Å². The van der Waals surface area contributed by atoms with E-state index in [1.54, 1.807) is 56.5 Å². The van der Waals surface area contributed by atoms with Crippen molar-refractivity contribution in [3.8, 4) is 5.75 Å². The molecule has 0 spiro atoms. The van der Waals surface area contributed by atoms with Crippen molar-refractivity contribution in [2.24, 2.45) is 0 Å². The second kappa shape index (κ2) is 12.8. The van der Waals surface area contributed by atoms with Gasteiger partial charge in [0.15, 0.2) is 0 Å². The third-order valence-electron chi connectivity index (χ3n) is 6.69. The van der Waals surface area contributed by atoms with Gasteiger partial charge in [-0.05, 0) is 89.9 Å². The zero-order chi connectivity index (χ0) is 30.5. The molecule has 3 rings (SSSR count). The number of sulfonamides is 1. The number of ether oxygens (including phenoxy) is 1. The van der Waals surface area contributed by atoms with Crippen molar-refractivity contribution in [1.29, 1.82) is 0 Å². The van der Waals surface area contributed by atoms with Crippen LogP contribution in [0.2, 0.25) is 0 Å². The van der Waals surface area contributed by atoms with E-state index in [1.165, 1.54) is 4.90 Å². The largest absolute Gasteiger partial charge is 0.497 e. The SMILES string of the molecule is COc1ccc(CN(C(=O)CN(c2ccc(C)cc2C)S(=O)(=O)c2ccc(C)cc2)[C@@H](C)C(=O)NC(C)(C)C)cc1. The van der Waals surface area contributed by atoms with Crippen LogP contribution in [0.5, 0.6) is 5.75 Å². The Morgan fingerprint density at radius 2 is 1.49 bits per heavy atom. The first-order valence-corrected chi connectivity index (χ1v) is 15.0. The Bertz CT molecular complexity index is 1480. The zero-order valence-corrected chi connectivity index (χ0v) is 26.0. The van der Waals surface area contributed by atoms with Gasteiger partial charge < -0.3 is 15.0 Å². The number of methoxy groups -OCH3 is 1.